The van der Waals surface area contributed by atoms with Crippen LogP contribution in [0.1, 0.15) is 32.8 Å². The Hall–Kier alpha value is -0.990. The van der Waals surface area contributed by atoms with Gasteiger partial charge in [0.15, 0.2) is 0 Å². The first-order chi connectivity index (χ1) is 6.72. The Bertz CT molecular complexity index is 301. The average molecular weight is 193 g/mol. The van der Waals surface area contributed by atoms with E-state index in [4.69, 9.17) is 0 Å². The number of nitrogens with zero attached hydrogens (tertiary/aromatic N) is 2. The Morgan fingerprint density at radius 1 is 1.64 bits per heavy atom. The van der Waals surface area contributed by atoms with E-state index in [-0.39, 0.29) is 0 Å². The van der Waals surface area contributed by atoms with E-state index in [0.29, 0.717) is 12.0 Å². The van der Waals surface area contributed by atoms with Crippen LogP contribution in [0.25, 0.3) is 0 Å². The third-order valence-corrected chi connectivity index (χ3v) is 3.07. The van der Waals surface area contributed by atoms with Crippen LogP contribution in [0.2, 0.25) is 0 Å². The second-order valence-corrected chi connectivity index (χ2v) is 4.37. The summed E-state index contributed by atoms with van der Waals surface area (Å²) in [6, 6.07) is 0.615. The number of hydrogen-bond acceptors (Lipinski definition) is 2. The van der Waals surface area contributed by atoms with Crippen LogP contribution in [0, 0.1) is 5.92 Å². The molecule has 2 heterocycles. The lowest BCUT2D eigenvalue weighted by Gasteiger charge is -2.28. The molecule has 0 aromatic carbocycles. The smallest absolute Gasteiger partial charge is 0.127 e. The molecule has 0 radical (unpaired) electrons. The first-order valence-corrected chi connectivity index (χ1v) is 5.53. The summed E-state index contributed by atoms with van der Waals surface area (Å²) in [7, 11) is 0. The maximum absolute atomic E-state index is 4.36. The molecule has 0 saturated heterocycles. The van der Waals surface area contributed by atoms with Crippen LogP contribution in [0.5, 0.6) is 0 Å². The molecule has 1 N–H and O–H groups in total. The summed E-state index contributed by atoms with van der Waals surface area (Å²) in [5.41, 5.74) is 1.38. The molecule has 0 fully saturated rings. The molecule has 0 amide bonds. The van der Waals surface area contributed by atoms with Gasteiger partial charge in [0.1, 0.15) is 5.82 Å². The van der Waals surface area contributed by atoms with Crippen molar-refractivity contribution in [3.05, 3.63) is 11.8 Å². The predicted molar refractivity (Wildman–Crippen MR) is 58.5 cm³/mol. The summed E-state index contributed by atoms with van der Waals surface area (Å²) in [6.07, 6.45) is 4.41. The molecule has 0 bridgehead atoms. The second-order valence-electron chi connectivity index (χ2n) is 4.37. The van der Waals surface area contributed by atoms with Crippen molar-refractivity contribution in [3.8, 4) is 0 Å². The minimum Gasteiger partial charge on any atom is -0.367 e. The summed E-state index contributed by atoms with van der Waals surface area (Å²) in [5.74, 6) is 1.95. The van der Waals surface area contributed by atoms with Crippen LogP contribution >= 0.6 is 0 Å². The molecule has 0 spiro atoms. The third kappa shape index (κ3) is 1.51. The van der Waals surface area contributed by atoms with Gasteiger partial charge in [0.2, 0.25) is 0 Å². The van der Waals surface area contributed by atoms with Crippen molar-refractivity contribution in [2.24, 2.45) is 5.92 Å². The molecule has 3 nitrogen and oxygen atoms in total. The molecule has 1 aromatic heterocycles. The van der Waals surface area contributed by atoms with Gasteiger partial charge < -0.3 is 5.32 Å². The van der Waals surface area contributed by atoms with Gasteiger partial charge >= 0.3 is 0 Å². The highest BCUT2D eigenvalue weighted by atomic mass is 15.3. The van der Waals surface area contributed by atoms with E-state index in [9.17, 15) is 0 Å². The highest BCUT2D eigenvalue weighted by molar-refractivity contribution is 5.47. The molecule has 1 atom stereocenters. The average Bonchev–Trinajstić information content (AvgIpc) is 2.59. The van der Waals surface area contributed by atoms with Crippen LogP contribution in [-0.4, -0.2) is 15.8 Å². The lowest BCUT2D eigenvalue weighted by molar-refractivity contribution is 0.476. The van der Waals surface area contributed by atoms with Gasteiger partial charge in [-0.2, -0.15) is 5.10 Å². The van der Waals surface area contributed by atoms with Gasteiger partial charge in [-0.25, -0.2) is 4.68 Å². The molecule has 78 valence electrons. The standard InChI is InChI=1S/C11H19N3/c1-4-14-11-9(7-12-14)5-6-10(13-11)8(2)3/h7-8,10,13H,4-6H2,1-3H3/t10-/m1/s1. The SMILES string of the molecule is CCn1ncc2c1N[C@@H](C(C)C)CC2. The Morgan fingerprint density at radius 3 is 3.07 bits per heavy atom. The van der Waals surface area contributed by atoms with Crippen LogP contribution in [0.3, 0.4) is 0 Å². The molecule has 1 aliphatic heterocycles. The van der Waals surface area contributed by atoms with Gasteiger partial charge in [-0.1, -0.05) is 13.8 Å². The first kappa shape index (κ1) is 9.56. The normalized spacial score (nSPS) is 20.7. The molecule has 14 heavy (non-hydrogen) atoms. The van der Waals surface area contributed by atoms with Crippen molar-refractivity contribution in [2.45, 2.75) is 46.2 Å². The molecular weight excluding hydrogens is 174 g/mol. The van der Waals surface area contributed by atoms with Crippen molar-refractivity contribution < 1.29 is 0 Å². The second kappa shape index (κ2) is 3.64. The van der Waals surface area contributed by atoms with E-state index in [1.165, 1.54) is 24.2 Å². The molecule has 1 aromatic rings. The molecule has 0 aliphatic carbocycles. The minimum atomic E-state index is 0.615. The highest BCUT2D eigenvalue weighted by Gasteiger charge is 2.22. The van der Waals surface area contributed by atoms with E-state index in [0.717, 1.165) is 6.54 Å². The summed E-state index contributed by atoms with van der Waals surface area (Å²) in [6.45, 7) is 7.63. The number of fused-ring (bicyclic) bond motifs is 1. The van der Waals surface area contributed by atoms with Crippen LogP contribution in [0.15, 0.2) is 6.20 Å². The third-order valence-electron chi connectivity index (χ3n) is 3.07. The number of aromatic nitrogens is 2. The van der Waals surface area contributed by atoms with E-state index in [1.54, 1.807) is 0 Å². The van der Waals surface area contributed by atoms with Crippen molar-refractivity contribution in [2.75, 3.05) is 5.32 Å². The number of anilines is 1. The predicted octanol–water partition coefficient (Wildman–Crippen LogP) is 2.29. The molecular formula is C11H19N3. The highest BCUT2D eigenvalue weighted by Crippen LogP contribution is 2.27. The van der Waals surface area contributed by atoms with Crippen molar-refractivity contribution in [1.82, 2.24) is 9.78 Å². The van der Waals surface area contributed by atoms with Gasteiger partial charge in [0, 0.05) is 18.2 Å². The fraction of sp³-hybridized carbons (Fsp3) is 0.727. The lowest BCUT2D eigenvalue weighted by atomic mass is 9.94. The molecule has 3 heteroatoms. The van der Waals surface area contributed by atoms with E-state index in [1.807, 2.05) is 6.20 Å². The van der Waals surface area contributed by atoms with Gasteiger partial charge in [-0.3, -0.25) is 0 Å². The molecule has 2 rings (SSSR count). The fourth-order valence-corrected chi connectivity index (χ4v) is 2.07. The van der Waals surface area contributed by atoms with Gasteiger partial charge in [-0.15, -0.1) is 0 Å². The molecule has 1 aliphatic rings. The quantitative estimate of drug-likeness (QED) is 0.781. The van der Waals surface area contributed by atoms with Gasteiger partial charge in [0.25, 0.3) is 0 Å². The van der Waals surface area contributed by atoms with E-state index in [2.05, 4.69) is 35.9 Å². The van der Waals surface area contributed by atoms with Gasteiger partial charge in [0.05, 0.1) is 6.20 Å². The Labute approximate surface area is 85.5 Å². The molecule has 0 saturated carbocycles. The Morgan fingerprint density at radius 2 is 2.43 bits per heavy atom. The zero-order valence-corrected chi connectivity index (χ0v) is 9.25. The van der Waals surface area contributed by atoms with E-state index < -0.39 is 0 Å². The number of rotatable bonds is 2. The zero-order valence-electron chi connectivity index (χ0n) is 9.25. The summed E-state index contributed by atoms with van der Waals surface area (Å²) in [5, 5.41) is 7.96. The Kier molecular flexibility index (Phi) is 2.48. The van der Waals surface area contributed by atoms with Crippen LogP contribution < -0.4 is 5.32 Å². The van der Waals surface area contributed by atoms with Crippen LogP contribution in [-0.2, 0) is 13.0 Å². The lowest BCUT2D eigenvalue weighted by Crippen LogP contribution is -2.31. The summed E-state index contributed by atoms with van der Waals surface area (Å²) in [4.78, 5) is 0. The van der Waals surface area contributed by atoms with Crippen molar-refractivity contribution in [1.29, 1.82) is 0 Å². The molecule has 0 unspecified atom stereocenters. The van der Waals surface area contributed by atoms with Crippen molar-refractivity contribution >= 4 is 5.82 Å². The fourth-order valence-electron chi connectivity index (χ4n) is 2.07. The number of aryl methyl sites for hydroxylation is 2. The Balaban J connectivity index is 2.23. The largest absolute Gasteiger partial charge is 0.367 e. The maximum atomic E-state index is 4.36. The van der Waals surface area contributed by atoms with Crippen LogP contribution in [0.4, 0.5) is 5.82 Å². The summed E-state index contributed by atoms with van der Waals surface area (Å²) >= 11 is 0. The first-order valence-electron chi connectivity index (χ1n) is 5.53. The zero-order chi connectivity index (χ0) is 10.1. The number of hydrogen-bond donors (Lipinski definition) is 1. The maximum Gasteiger partial charge on any atom is 0.127 e. The topological polar surface area (TPSA) is 29.9 Å². The van der Waals surface area contributed by atoms with E-state index >= 15 is 0 Å². The monoisotopic (exact) mass is 193 g/mol. The summed E-state index contributed by atoms with van der Waals surface area (Å²) < 4.78 is 2.06. The van der Waals surface area contributed by atoms with Crippen molar-refractivity contribution in [3.63, 3.8) is 0 Å². The number of nitrogens with one attached hydrogen (secondary N) is 1. The van der Waals surface area contributed by atoms with Gasteiger partial charge in [-0.05, 0) is 25.7 Å². The minimum absolute atomic E-state index is 0.615.